The van der Waals surface area contributed by atoms with E-state index in [1.807, 2.05) is 7.05 Å². The summed E-state index contributed by atoms with van der Waals surface area (Å²) in [6, 6.07) is 8.49. The summed E-state index contributed by atoms with van der Waals surface area (Å²) in [4.78, 5) is 18.5. The molecule has 3 rings (SSSR count). The summed E-state index contributed by atoms with van der Waals surface area (Å²) in [6.45, 7) is 2.32. The van der Waals surface area contributed by atoms with Crippen molar-refractivity contribution in [2.45, 2.75) is 9.92 Å². The lowest BCUT2D eigenvalue weighted by Gasteiger charge is -2.31. The third kappa shape index (κ3) is 4.92. The quantitative estimate of drug-likeness (QED) is 0.538. The number of benzene rings is 1. The molecule has 0 N–H and O–H groups in total. The number of Topliss-reactive ketones (excluding diaryl/α,β-unsaturated/α-hetero) is 1. The van der Waals surface area contributed by atoms with Gasteiger partial charge in [-0.15, -0.1) is 0 Å². The lowest BCUT2D eigenvalue weighted by Crippen LogP contribution is -2.47. The van der Waals surface area contributed by atoms with Crippen LogP contribution in [0.4, 0.5) is 4.39 Å². The molecule has 27 heavy (non-hydrogen) atoms. The van der Waals surface area contributed by atoms with E-state index in [4.69, 9.17) is 0 Å². The van der Waals surface area contributed by atoms with Gasteiger partial charge in [0.25, 0.3) is 0 Å². The highest BCUT2D eigenvalue weighted by molar-refractivity contribution is 7.99. The summed E-state index contributed by atoms with van der Waals surface area (Å²) >= 11 is 1.21. The van der Waals surface area contributed by atoms with Gasteiger partial charge in [0.05, 0.1) is 10.8 Å². The zero-order valence-corrected chi connectivity index (χ0v) is 16.5. The Morgan fingerprint density at radius 3 is 2.37 bits per heavy atom. The van der Waals surface area contributed by atoms with Crippen molar-refractivity contribution >= 4 is 27.6 Å². The second kappa shape index (κ2) is 8.47. The minimum atomic E-state index is -3.55. The number of carbonyl (C=O) groups excluding carboxylic acids is 1. The number of hydrogen-bond acceptors (Lipinski definition) is 6. The summed E-state index contributed by atoms with van der Waals surface area (Å²) in [6.07, 6.45) is 1.33. The van der Waals surface area contributed by atoms with Crippen molar-refractivity contribution in [1.82, 2.24) is 14.2 Å². The maximum Gasteiger partial charge on any atom is 0.244 e. The Kier molecular flexibility index (Phi) is 6.25. The fourth-order valence-corrected chi connectivity index (χ4v) is 4.75. The Morgan fingerprint density at radius 2 is 1.78 bits per heavy atom. The Labute approximate surface area is 162 Å². The number of carbonyl (C=O) groups is 1. The molecule has 2 heterocycles. The molecule has 2 aromatic rings. The van der Waals surface area contributed by atoms with E-state index >= 15 is 0 Å². The molecule has 1 aliphatic heterocycles. The summed E-state index contributed by atoms with van der Waals surface area (Å²) in [7, 11) is -1.59. The summed E-state index contributed by atoms with van der Waals surface area (Å²) < 4.78 is 39.7. The lowest BCUT2D eigenvalue weighted by atomic mass is 10.1. The summed E-state index contributed by atoms with van der Waals surface area (Å²) in [5, 5.41) is 0.558. The molecule has 0 saturated carbocycles. The number of pyridine rings is 1. The normalized spacial score (nSPS) is 16.4. The molecule has 144 valence electrons. The van der Waals surface area contributed by atoms with E-state index in [0.717, 1.165) is 0 Å². The number of piperazine rings is 1. The Morgan fingerprint density at radius 1 is 1.11 bits per heavy atom. The third-order valence-electron chi connectivity index (χ3n) is 4.33. The molecule has 1 saturated heterocycles. The van der Waals surface area contributed by atoms with Gasteiger partial charge in [-0.3, -0.25) is 4.79 Å². The number of nitrogens with zero attached hydrogens (tertiary/aromatic N) is 3. The van der Waals surface area contributed by atoms with E-state index in [2.05, 4.69) is 9.88 Å². The predicted octanol–water partition coefficient (Wildman–Crippen LogP) is 2.13. The number of halogens is 1. The van der Waals surface area contributed by atoms with Gasteiger partial charge in [0.15, 0.2) is 5.78 Å². The zero-order chi connectivity index (χ0) is 19.4. The van der Waals surface area contributed by atoms with Crippen molar-refractivity contribution in [3.8, 4) is 0 Å². The van der Waals surface area contributed by atoms with Crippen LogP contribution >= 0.6 is 11.8 Å². The van der Waals surface area contributed by atoms with E-state index in [1.54, 1.807) is 6.07 Å². The van der Waals surface area contributed by atoms with Gasteiger partial charge in [0.1, 0.15) is 10.7 Å². The zero-order valence-electron chi connectivity index (χ0n) is 14.8. The topological polar surface area (TPSA) is 70.6 Å². The van der Waals surface area contributed by atoms with E-state index < -0.39 is 15.8 Å². The molecular weight excluding hydrogens is 389 g/mol. The molecule has 0 bridgehead atoms. The standard InChI is InChI=1S/C18H20FN3O3S2/c1-21-8-10-22(11-9-21)27(24,25)16-6-7-18(20-12-16)26-13-17(23)14-2-4-15(19)5-3-14/h2-7,12H,8-11,13H2,1H3. The predicted molar refractivity (Wildman–Crippen MR) is 102 cm³/mol. The first-order chi connectivity index (χ1) is 12.9. The first kappa shape index (κ1) is 19.9. The van der Waals surface area contributed by atoms with Crippen LogP contribution in [0.3, 0.4) is 0 Å². The summed E-state index contributed by atoms with van der Waals surface area (Å²) in [5.41, 5.74) is 0.429. The van der Waals surface area contributed by atoms with E-state index in [0.29, 0.717) is 36.8 Å². The second-order valence-electron chi connectivity index (χ2n) is 6.26. The molecule has 0 spiro atoms. The Balaban J connectivity index is 1.61. The monoisotopic (exact) mass is 409 g/mol. The largest absolute Gasteiger partial charge is 0.304 e. The molecule has 9 heteroatoms. The smallest absolute Gasteiger partial charge is 0.244 e. The minimum absolute atomic E-state index is 0.142. The minimum Gasteiger partial charge on any atom is -0.304 e. The molecule has 0 atom stereocenters. The van der Waals surface area contributed by atoms with Gasteiger partial charge < -0.3 is 4.90 Å². The average Bonchev–Trinajstić information content (AvgIpc) is 2.67. The molecule has 0 radical (unpaired) electrons. The lowest BCUT2D eigenvalue weighted by molar-refractivity contribution is 0.102. The number of likely N-dealkylation sites (N-methyl/N-ethyl adjacent to an activating group) is 1. The first-order valence-electron chi connectivity index (χ1n) is 8.42. The van der Waals surface area contributed by atoms with Crippen molar-refractivity contribution < 1.29 is 17.6 Å². The highest BCUT2D eigenvalue weighted by atomic mass is 32.2. The molecule has 6 nitrogen and oxygen atoms in total. The number of hydrogen-bond donors (Lipinski definition) is 0. The average molecular weight is 410 g/mol. The molecular formula is C18H20FN3O3S2. The van der Waals surface area contributed by atoms with Crippen LogP contribution in [0, 0.1) is 5.82 Å². The van der Waals surface area contributed by atoms with Gasteiger partial charge in [0, 0.05) is 37.9 Å². The number of thioether (sulfide) groups is 1. The number of sulfonamides is 1. The molecule has 0 unspecified atom stereocenters. The van der Waals surface area contributed by atoms with Gasteiger partial charge in [-0.05, 0) is 43.4 Å². The van der Waals surface area contributed by atoms with Crippen molar-refractivity contribution in [3.63, 3.8) is 0 Å². The van der Waals surface area contributed by atoms with Crippen LogP contribution in [0.2, 0.25) is 0 Å². The second-order valence-corrected chi connectivity index (χ2v) is 9.19. The van der Waals surface area contributed by atoms with Crippen LogP contribution in [0.25, 0.3) is 0 Å². The van der Waals surface area contributed by atoms with E-state index in [1.165, 1.54) is 52.6 Å². The summed E-state index contributed by atoms with van der Waals surface area (Å²) in [5.74, 6) is -0.391. The van der Waals surface area contributed by atoms with Crippen molar-refractivity contribution in [1.29, 1.82) is 0 Å². The maximum absolute atomic E-state index is 12.9. The fraction of sp³-hybridized carbons (Fsp3) is 0.333. The molecule has 1 aliphatic rings. The first-order valence-corrected chi connectivity index (χ1v) is 10.8. The molecule has 1 aromatic carbocycles. The van der Waals surface area contributed by atoms with Gasteiger partial charge >= 0.3 is 0 Å². The van der Waals surface area contributed by atoms with E-state index in [-0.39, 0.29) is 16.4 Å². The third-order valence-corrected chi connectivity index (χ3v) is 7.15. The molecule has 0 aliphatic carbocycles. The highest BCUT2D eigenvalue weighted by Gasteiger charge is 2.27. The SMILES string of the molecule is CN1CCN(S(=O)(=O)c2ccc(SCC(=O)c3ccc(F)cc3)nc2)CC1. The Hall–Kier alpha value is -1.81. The van der Waals surface area contributed by atoms with Crippen molar-refractivity contribution in [3.05, 3.63) is 54.0 Å². The fourth-order valence-electron chi connectivity index (χ4n) is 2.64. The van der Waals surface area contributed by atoms with Crippen LogP contribution in [-0.4, -0.2) is 67.4 Å². The Bertz CT molecular complexity index is 894. The number of ketones is 1. The highest BCUT2D eigenvalue weighted by Crippen LogP contribution is 2.21. The van der Waals surface area contributed by atoms with Gasteiger partial charge in [-0.1, -0.05) is 11.8 Å². The van der Waals surface area contributed by atoms with Gasteiger partial charge in [-0.25, -0.2) is 17.8 Å². The van der Waals surface area contributed by atoms with Crippen LogP contribution in [0.15, 0.2) is 52.5 Å². The van der Waals surface area contributed by atoms with Gasteiger partial charge in [-0.2, -0.15) is 4.31 Å². The van der Waals surface area contributed by atoms with Crippen molar-refractivity contribution in [2.75, 3.05) is 39.0 Å². The molecule has 0 amide bonds. The number of rotatable bonds is 6. The maximum atomic E-state index is 12.9. The van der Waals surface area contributed by atoms with Gasteiger partial charge in [0.2, 0.25) is 10.0 Å². The van der Waals surface area contributed by atoms with Crippen LogP contribution in [0.1, 0.15) is 10.4 Å². The van der Waals surface area contributed by atoms with E-state index in [9.17, 15) is 17.6 Å². The number of aromatic nitrogens is 1. The van der Waals surface area contributed by atoms with Crippen molar-refractivity contribution in [2.24, 2.45) is 0 Å². The van der Waals surface area contributed by atoms with Crippen LogP contribution in [-0.2, 0) is 10.0 Å². The molecule has 1 fully saturated rings. The van der Waals surface area contributed by atoms with Crippen LogP contribution < -0.4 is 0 Å². The van der Waals surface area contributed by atoms with Crippen LogP contribution in [0.5, 0.6) is 0 Å². The molecule has 1 aromatic heterocycles.